The summed E-state index contributed by atoms with van der Waals surface area (Å²) < 4.78 is 52.2. The van der Waals surface area contributed by atoms with Gasteiger partial charge in [-0.3, -0.25) is 0 Å². The second-order valence-corrected chi connectivity index (χ2v) is 25.3. The van der Waals surface area contributed by atoms with Gasteiger partial charge in [0.1, 0.15) is 23.0 Å². The van der Waals surface area contributed by atoms with E-state index in [4.69, 9.17) is 18.1 Å². The van der Waals surface area contributed by atoms with Crippen LogP contribution in [0.4, 0.5) is 0 Å². The summed E-state index contributed by atoms with van der Waals surface area (Å²) in [4.78, 5) is 27.9. The first-order valence-corrected chi connectivity index (χ1v) is 32.6. The van der Waals surface area contributed by atoms with Gasteiger partial charge in [0, 0.05) is 44.5 Å². The summed E-state index contributed by atoms with van der Waals surface area (Å²) in [5, 5.41) is 15.6. The minimum Gasteiger partial charge on any atom is -0.736 e. The van der Waals surface area contributed by atoms with Crippen molar-refractivity contribution in [1.82, 2.24) is 0 Å². The Morgan fingerprint density at radius 2 is 0.385 bits per heavy atom. The van der Waals surface area contributed by atoms with Gasteiger partial charge in [-0.1, -0.05) is 267 Å². The molecule has 0 aromatic heterocycles. The molecule has 2 aliphatic heterocycles. The first-order chi connectivity index (χ1) is 44.1. The number of rotatable bonds is 4. The number of benzene rings is 16. The van der Waals surface area contributed by atoms with Gasteiger partial charge in [-0.05, 0) is 133 Å². The van der Waals surface area contributed by atoms with Crippen LogP contribution in [0.25, 0.3) is 153 Å². The summed E-state index contributed by atoms with van der Waals surface area (Å²) >= 11 is 0. The standard InChI is InChI=1S/2C40H25O4P.Ca/c2*41-45(42)43-39-35(33-21-9-15-25-11-1-5-17-29(25)33)23-27-13-3-7-19-31(27)37(39)38-32-20-8-4-14-28(32)24-36(40(38)44-45)34-22-10-16-26-12-2-6-18-30(26)34;/h2*1-24H,(H,41,42);/q;;+2/p-2. The van der Waals surface area contributed by atoms with Crippen LogP contribution in [0, 0.1) is 0 Å². The van der Waals surface area contributed by atoms with Gasteiger partial charge in [-0.2, -0.15) is 0 Å². The number of phosphoric acid groups is 2. The predicted octanol–water partition coefficient (Wildman–Crippen LogP) is 20.7. The summed E-state index contributed by atoms with van der Waals surface area (Å²) in [6, 6.07) is 97.0. The maximum atomic E-state index is 13.9. The average molecular weight is 1240 g/mol. The maximum Gasteiger partial charge on any atom is 2.00 e. The molecule has 0 atom stereocenters. The predicted molar refractivity (Wildman–Crippen MR) is 369 cm³/mol. The number of hydrogen-bond donors (Lipinski definition) is 0. The summed E-state index contributed by atoms with van der Waals surface area (Å²) in [7, 11) is -9.83. The first-order valence-electron chi connectivity index (χ1n) is 29.7. The van der Waals surface area contributed by atoms with Crippen molar-refractivity contribution in [3.05, 3.63) is 291 Å². The van der Waals surface area contributed by atoms with Crippen molar-refractivity contribution < 1.29 is 37.0 Å². The Balaban J connectivity index is 0.000000144. The van der Waals surface area contributed by atoms with Crippen molar-refractivity contribution in [2.75, 3.05) is 0 Å². The third-order valence-corrected chi connectivity index (χ3v) is 19.3. The van der Waals surface area contributed by atoms with Crippen LogP contribution in [0.5, 0.6) is 23.0 Å². The van der Waals surface area contributed by atoms with Crippen LogP contribution >= 0.6 is 15.6 Å². The Labute approximate surface area is 553 Å². The van der Waals surface area contributed by atoms with Crippen molar-refractivity contribution >= 4 is 140 Å². The molecule has 16 aromatic rings. The summed E-state index contributed by atoms with van der Waals surface area (Å²) in [6.07, 6.45) is 0. The molecule has 2 aliphatic rings. The minimum atomic E-state index is -4.92. The monoisotopic (exact) mass is 1240 g/mol. The molecule has 91 heavy (non-hydrogen) atoms. The van der Waals surface area contributed by atoms with Crippen LogP contribution in [-0.2, 0) is 9.13 Å². The molecule has 0 saturated carbocycles. The second-order valence-electron chi connectivity index (χ2n) is 22.8. The third kappa shape index (κ3) is 9.65. The summed E-state index contributed by atoms with van der Waals surface area (Å²) in [6.45, 7) is 0. The van der Waals surface area contributed by atoms with Crippen LogP contribution in [0.1, 0.15) is 0 Å². The van der Waals surface area contributed by atoms with Gasteiger partial charge >= 0.3 is 53.4 Å². The minimum absolute atomic E-state index is 0. The van der Waals surface area contributed by atoms with Gasteiger partial charge in [-0.15, -0.1) is 0 Å². The zero-order chi connectivity index (χ0) is 60.2. The Morgan fingerprint density at radius 1 is 0.209 bits per heavy atom. The van der Waals surface area contributed by atoms with Gasteiger partial charge in [-0.25, -0.2) is 9.13 Å². The van der Waals surface area contributed by atoms with Gasteiger partial charge < -0.3 is 27.9 Å². The van der Waals surface area contributed by atoms with E-state index >= 15 is 0 Å². The molecular formula is C80H48CaO8P2. The third-order valence-electron chi connectivity index (χ3n) is 17.6. The zero-order valence-electron chi connectivity index (χ0n) is 48.6. The molecule has 0 aliphatic carbocycles. The fraction of sp³-hybridized carbons (Fsp3) is 0. The Hall–Kier alpha value is -9.56. The molecule has 0 radical (unpaired) electrons. The van der Waals surface area contributed by atoms with Crippen molar-refractivity contribution in [3.8, 4) is 89.8 Å². The van der Waals surface area contributed by atoms with Crippen LogP contribution < -0.4 is 27.9 Å². The normalized spacial score (nSPS) is 13.5. The molecular weight excluding hydrogens is 1190 g/mol. The van der Waals surface area contributed by atoms with Crippen LogP contribution in [0.2, 0.25) is 0 Å². The molecule has 18 rings (SSSR count). The van der Waals surface area contributed by atoms with Gasteiger partial charge in [0.2, 0.25) is 0 Å². The molecule has 0 bridgehead atoms. The van der Waals surface area contributed by atoms with Crippen LogP contribution in [0.15, 0.2) is 291 Å². The van der Waals surface area contributed by atoms with Crippen molar-refractivity contribution in [2.24, 2.45) is 0 Å². The fourth-order valence-corrected chi connectivity index (χ4v) is 15.5. The first kappa shape index (κ1) is 56.7. The quantitative estimate of drug-likeness (QED) is 0.126. The molecule has 2 heterocycles. The van der Waals surface area contributed by atoms with Crippen molar-refractivity contribution in [3.63, 3.8) is 0 Å². The van der Waals surface area contributed by atoms with Crippen LogP contribution in [-0.4, -0.2) is 37.7 Å². The van der Waals surface area contributed by atoms with E-state index in [1.54, 1.807) is 0 Å². The smallest absolute Gasteiger partial charge is 0.736 e. The van der Waals surface area contributed by atoms with Crippen LogP contribution in [0.3, 0.4) is 0 Å². The average Bonchev–Trinajstić information content (AvgIpc) is 1.72. The Morgan fingerprint density at radius 3 is 0.604 bits per heavy atom. The van der Waals surface area contributed by atoms with Gasteiger partial charge in [0.25, 0.3) is 0 Å². The van der Waals surface area contributed by atoms with Gasteiger partial charge in [0.15, 0.2) is 0 Å². The van der Waals surface area contributed by atoms with E-state index in [9.17, 15) is 18.9 Å². The molecule has 0 amide bonds. The molecule has 0 fully saturated rings. The Bertz CT molecular complexity index is 5100. The summed E-state index contributed by atoms with van der Waals surface area (Å²) in [5.41, 5.74) is 9.05. The molecule has 0 N–H and O–H groups in total. The van der Waals surface area contributed by atoms with E-state index in [1.165, 1.54) is 0 Å². The molecule has 0 saturated heterocycles. The van der Waals surface area contributed by atoms with Gasteiger partial charge in [0.05, 0.1) is 0 Å². The molecule has 8 nitrogen and oxygen atoms in total. The fourth-order valence-electron chi connectivity index (χ4n) is 13.8. The summed E-state index contributed by atoms with van der Waals surface area (Å²) in [5.74, 6) is 1.06. The van der Waals surface area contributed by atoms with E-state index in [-0.39, 0.29) is 60.7 Å². The number of fused-ring (bicyclic) bond motifs is 18. The Kier molecular flexibility index (Phi) is 14.0. The number of phosphoric ester groups is 2. The molecule has 11 heteroatoms. The largest absolute Gasteiger partial charge is 2.00 e. The molecule has 428 valence electrons. The van der Waals surface area contributed by atoms with E-state index < -0.39 is 15.6 Å². The van der Waals surface area contributed by atoms with E-state index in [2.05, 4.69) is 97.1 Å². The zero-order valence-corrected chi connectivity index (χ0v) is 52.6. The van der Waals surface area contributed by atoms with E-state index in [0.717, 1.165) is 108 Å². The van der Waals surface area contributed by atoms with Crippen molar-refractivity contribution in [1.29, 1.82) is 0 Å². The van der Waals surface area contributed by atoms with E-state index in [1.807, 2.05) is 194 Å². The molecule has 16 aromatic carbocycles. The maximum absolute atomic E-state index is 13.9. The SMILES string of the molecule is O=P1([O-])Oc2c(-c3cccc4ccccc34)cc3ccccc3c2-c2c(c(-c3cccc4ccccc34)cc3ccccc23)O1.O=P1([O-])Oc2c(-c3cccc4ccccc34)cc3ccccc3c2-c2c(c(-c3cccc4ccccc34)cc3ccccc23)O1.[Ca+2]. The second kappa shape index (κ2) is 22.4. The molecule has 0 unspecified atom stereocenters. The van der Waals surface area contributed by atoms with Crippen molar-refractivity contribution in [2.45, 2.75) is 0 Å². The number of hydrogen-bond acceptors (Lipinski definition) is 8. The topological polar surface area (TPSA) is 117 Å². The molecule has 0 spiro atoms. The van der Waals surface area contributed by atoms with E-state index in [0.29, 0.717) is 44.5 Å².